The minimum Gasteiger partial charge on any atom is -0.343 e. The molecule has 0 aliphatic heterocycles. The molecule has 0 aliphatic rings. The average Bonchev–Trinajstić information content (AvgIpc) is 2.46. The minimum atomic E-state index is -0.862. The smallest absolute Gasteiger partial charge is 0.251 e. The molecule has 1 aromatic heterocycles. The molecule has 0 radical (unpaired) electrons. The summed E-state index contributed by atoms with van der Waals surface area (Å²) in [4.78, 5) is 27.4. The number of rotatable bonds is 4. The second kappa shape index (κ2) is 6.75. The molecule has 7 heteroatoms. The van der Waals surface area contributed by atoms with E-state index in [-0.39, 0.29) is 12.1 Å². The van der Waals surface area contributed by atoms with Crippen molar-refractivity contribution >= 4 is 17.6 Å². The Balaban J connectivity index is 1.93. The van der Waals surface area contributed by atoms with Gasteiger partial charge in [-0.05, 0) is 30.7 Å². The topological polar surface area (TPSA) is 71.1 Å². The highest BCUT2D eigenvalue weighted by molar-refractivity contribution is 5.99. The molecule has 0 bridgehead atoms. The van der Waals surface area contributed by atoms with Gasteiger partial charge in [0.15, 0.2) is 0 Å². The normalized spacial score (nSPS) is 10.1. The summed E-state index contributed by atoms with van der Waals surface area (Å²) in [5.74, 6) is -2.57. The SMILES string of the molecule is Cc1cccnc1NC(=O)CNC(=O)c1cc(F)cc(F)c1. The average molecular weight is 305 g/mol. The Morgan fingerprint density at radius 2 is 1.86 bits per heavy atom. The van der Waals surface area contributed by atoms with Gasteiger partial charge in [0.2, 0.25) is 5.91 Å². The number of anilines is 1. The van der Waals surface area contributed by atoms with Crippen LogP contribution in [0.2, 0.25) is 0 Å². The molecule has 0 aliphatic carbocycles. The first-order valence-corrected chi connectivity index (χ1v) is 6.41. The lowest BCUT2D eigenvalue weighted by atomic mass is 10.2. The number of aryl methyl sites for hydroxylation is 1. The monoisotopic (exact) mass is 305 g/mol. The van der Waals surface area contributed by atoms with E-state index in [4.69, 9.17) is 0 Å². The highest BCUT2D eigenvalue weighted by atomic mass is 19.1. The second-order valence-electron chi connectivity index (χ2n) is 4.56. The van der Waals surface area contributed by atoms with Crippen molar-refractivity contribution in [3.05, 3.63) is 59.3 Å². The third-order valence-electron chi connectivity index (χ3n) is 2.80. The Labute approximate surface area is 125 Å². The maximum absolute atomic E-state index is 13.0. The van der Waals surface area contributed by atoms with Crippen molar-refractivity contribution in [3.8, 4) is 0 Å². The molecule has 0 saturated carbocycles. The molecule has 1 heterocycles. The fraction of sp³-hybridized carbons (Fsp3) is 0.133. The Kier molecular flexibility index (Phi) is 4.77. The number of hydrogen-bond donors (Lipinski definition) is 2. The van der Waals surface area contributed by atoms with E-state index < -0.39 is 23.4 Å². The summed E-state index contributed by atoms with van der Waals surface area (Å²) < 4.78 is 26.0. The Bertz CT molecular complexity index is 699. The summed E-state index contributed by atoms with van der Waals surface area (Å²) in [5.41, 5.74) is 0.577. The van der Waals surface area contributed by atoms with Gasteiger partial charge in [0.05, 0.1) is 6.54 Å². The van der Waals surface area contributed by atoms with Crippen molar-refractivity contribution in [3.63, 3.8) is 0 Å². The van der Waals surface area contributed by atoms with Gasteiger partial charge >= 0.3 is 0 Å². The maximum Gasteiger partial charge on any atom is 0.251 e. The minimum absolute atomic E-state index is 0.195. The molecule has 0 fully saturated rings. The van der Waals surface area contributed by atoms with Crippen LogP contribution < -0.4 is 10.6 Å². The molecule has 2 amide bonds. The number of hydrogen-bond acceptors (Lipinski definition) is 3. The van der Waals surface area contributed by atoms with E-state index in [2.05, 4.69) is 15.6 Å². The van der Waals surface area contributed by atoms with Crippen molar-refractivity contribution in [1.29, 1.82) is 0 Å². The van der Waals surface area contributed by atoms with Gasteiger partial charge in [-0.1, -0.05) is 6.07 Å². The van der Waals surface area contributed by atoms with Crippen molar-refractivity contribution < 1.29 is 18.4 Å². The van der Waals surface area contributed by atoms with E-state index in [1.165, 1.54) is 6.20 Å². The lowest BCUT2D eigenvalue weighted by Gasteiger charge is -2.08. The first-order valence-electron chi connectivity index (χ1n) is 6.41. The molecular formula is C15H13F2N3O2. The van der Waals surface area contributed by atoms with Crippen molar-refractivity contribution in [2.75, 3.05) is 11.9 Å². The lowest BCUT2D eigenvalue weighted by molar-refractivity contribution is -0.115. The highest BCUT2D eigenvalue weighted by Gasteiger charge is 2.11. The number of pyridine rings is 1. The van der Waals surface area contributed by atoms with Crippen LogP contribution in [-0.2, 0) is 4.79 Å². The molecule has 2 N–H and O–H groups in total. The number of benzene rings is 1. The van der Waals surface area contributed by atoms with E-state index in [0.29, 0.717) is 11.9 Å². The zero-order valence-corrected chi connectivity index (χ0v) is 11.7. The molecule has 1 aromatic carbocycles. The standard InChI is InChI=1S/C15H13F2N3O2/c1-9-3-2-4-18-14(9)20-13(21)8-19-15(22)10-5-11(16)7-12(17)6-10/h2-7H,8H2,1H3,(H,19,22)(H,18,20,21). The van der Waals surface area contributed by atoms with Crippen molar-refractivity contribution in [1.82, 2.24) is 10.3 Å². The predicted molar refractivity (Wildman–Crippen MR) is 76.3 cm³/mol. The number of amides is 2. The van der Waals surface area contributed by atoms with Gasteiger partial charge in [-0.2, -0.15) is 0 Å². The summed E-state index contributed by atoms with van der Waals surface area (Å²) in [7, 11) is 0. The van der Waals surface area contributed by atoms with Crippen LogP contribution in [0.15, 0.2) is 36.5 Å². The molecule has 0 unspecified atom stereocenters. The van der Waals surface area contributed by atoms with Crippen LogP contribution in [0.1, 0.15) is 15.9 Å². The van der Waals surface area contributed by atoms with Crippen LogP contribution in [0.5, 0.6) is 0 Å². The van der Waals surface area contributed by atoms with Crippen LogP contribution in [0, 0.1) is 18.6 Å². The van der Waals surface area contributed by atoms with Crippen LogP contribution in [0.4, 0.5) is 14.6 Å². The molecule has 2 rings (SSSR count). The summed E-state index contributed by atoms with van der Waals surface area (Å²) in [6, 6.07) is 5.94. The third kappa shape index (κ3) is 4.08. The molecule has 0 atom stereocenters. The summed E-state index contributed by atoms with van der Waals surface area (Å²) in [6.45, 7) is 1.43. The molecule has 2 aromatic rings. The number of halogens is 2. The predicted octanol–water partition coefficient (Wildman–Crippen LogP) is 2.04. The van der Waals surface area contributed by atoms with E-state index >= 15 is 0 Å². The van der Waals surface area contributed by atoms with Gasteiger partial charge in [-0.25, -0.2) is 13.8 Å². The number of carbonyl (C=O) groups excluding carboxylic acids is 2. The van der Waals surface area contributed by atoms with E-state index in [0.717, 1.165) is 17.7 Å². The fourth-order valence-electron chi connectivity index (χ4n) is 1.74. The van der Waals surface area contributed by atoms with E-state index in [1.54, 1.807) is 19.1 Å². The highest BCUT2D eigenvalue weighted by Crippen LogP contribution is 2.09. The van der Waals surface area contributed by atoms with Gasteiger partial charge in [-0.15, -0.1) is 0 Å². The molecule has 22 heavy (non-hydrogen) atoms. The number of nitrogens with zero attached hydrogens (tertiary/aromatic N) is 1. The third-order valence-corrected chi connectivity index (χ3v) is 2.80. The summed E-state index contributed by atoms with van der Waals surface area (Å²) in [6.07, 6.45) is 1.52. The number of carbonyl (C=O) groups is 2. The van der Waals surface area contributed by atoms with Crippen molar-refractivity contribution in [2.45, 2.75) is 6.92 Å². The molecule has 0 spiro atoms. The van der Waals surface area contributed by atoms with E-state index in [1.807, 2.05) is 0 Å². The second-order valence-corrected chi connectivity index (χ2v) is 4.56. The zero-order valence-electron chi connectivity index (χ0n) is 11.7. The number of nitrogens with one attached hydrogen (secondary N) is 2. The van der Waals surface area contributed by atoms with Crippen LogP contribution in [0.25, 0.3) is 0 Å². The van der Waals surface area contributed by atoms with Gasteiger partial charge in [0.25, 0.3) is 5.91 Å². The molecule has 114 valence electrons. The van der Waals surface area contributed by atoms with Gasteiger partial charge in [0.1, 0.15) is 17.5 Å². The molecule has 5 nitrogen and oxygen atoms in total. The quantitative estimate of drug-likeness (QED) is 0.908. The van der Waals surface area contributed by atoms with Crippen LogP contribution in [0.3, 0.4) is 0 Å². The lowest BCUT2D eigenvalue weighted by Crippen LogP contribution is -2.33. The van der Waals surface area contributed by atoms with Gasteiger partial charge < -0.3 is 10.6 Å². The first-order chi connectivity index (χ1) is 10.5. The largest absolute Gasteiger partial charge is 0.343 e. The Morgan fingerprint density at radius 1 is 1.18 bits per heavy atom. The summed E-state index contributed by atoms with van der Waals surface area (Å²) in [5, 5.41) is 4.81. The Morgan fingerprint density at radius 3 is 2.50 bits per heavy atom. The van der Waals surface area contributed by atoms with Crippen LogP contribution in [-0.4, -0.2) is 23.3 Å². The number of aromatic nitrogens is 1. The van der Waals surface area contributed by atoms with E-state index in [9.17, 15) is 18.4 Å². The Hall–Kier alpha value is -2.83. The summed E-state index contributed by atoms with van der Waals surface area (Å²) >= 11 is 0. The van der Waals surface area contributed by atoms with Crippen LogP contribution >= 0.6 is 0 Å². The zero-order chi connectivity index (χ0) is 16.1. The maximum atomic E-state index is 13.0. The first kappa shape index (κ1) is 15.6. The molecule has 0 saturated heterocycles. The molecular weight excluding hydrogens is 292 g/mol. The van der Waals surface area contributed by atoms with Gasteiger partial charge in [-0.3, -0.25) is 9.59 Å². The van der Waals surface area contributed by atoms with Crippen molar-refractivity contribution in [2.24, 2.45) is 0 Å². The fourth-order valence-corrected chi connectivity index (χ4v) is 1.74. The van der Waals surface area contributed by atoms with Gasteiger partial charge in [0, 0.05) is 17.8 Å².